The van der Waals surface area contributed by atoms with E-state index in [-0.39, 0.29) is 40.8 Å². The Labute approximate surface area is 145 Å². The molecule has 0 aliphatic carbocycles. The molecule has 0 saturated carbocycles. The summed E-state index contributed by atoms with van der Waals surface area (Å²) < 4.78 is 5.95. The van der Waals surface area contributed by atoms with Gasteiger partial charge in [-0.3, -0.25) is 4.79 Å². The van der Waals surface area contributed by atoms with Gasteiger partial charge in [0, 0.05) is 6.07 Å². The zero-order valence-electron chi connectivity index (χ0n) is 13.7. The van der Waals surface area contributed by atoms with Gasteiger partial charge in [-0.05, 0) is 30.7 Å². The third kappa shape index (κ3) is 3.21. The van der Waals surface area contributed by atoms with E-state index in [0.29, 0.717) is 5.56 Å². The Balaban J connectivity index is 2.10. The lowest BCUT2D eigenvalue weighted by atomic mass is 9.93. The highest BCUT2D eigenvalue weighted by Gasteiger charge is 2.33. The maximum Gasteiger partial charge on any atom is 0.174 e. The van der Waals surface area contributed by atoms with Crippen molar-refractivity contribution < 1.29 is 24.9 Å². The molecule has 0 aromatic heterocycles. The number of Topliss-reactive ketones (excluding diaryl/α,β-unsaturated/α-hetero) is 1. The monoisotopic (exact) mass is 338 g/mol. The average Bonchev–Trinajstić information content (AvgIpc) is 2.54. The second kappa shape index (κ2) is 6.36. The van der Waals surface area contributed by atoms with E-state index in [4.69, 9.17) is 4.74 Å². The maximum absolute atomic E-state index is 12.5. The molecule has 128 valence electrons. The first kappa shape index (κ1) is 16.6. The summed E-state index contributed by atoms with van der Waals surface area (Å²) in [6.45, 7) is 5.56. The van der Waals surface area contributed by atoms with E-state index < -0.39 is 6.10 Å². The number of ether oxygens (including phenoxy) is 1. The van der Waals surface area contributed by atoms with Crippen LogP contribution in [-0.2, 0) is 0 Å². The molecular weight excluding hydrogens is 320 g/mol. The van der Waals surface area contributed by atoms with Gasteiger partial charge >= 0.3 is 0 Å². The van der Waals surface area contributed by atoms with Crippen molar-refractivity contribution in [2.24, 2.45) is 0 Å². The smallest absolute Gasteiger partial charge is 0.174 e. The van der Waals surface area contributed by atoms with Crippen molar-refractivity contribution in [3.63, 3.8) is 0 Å². The Morgan fingerprint density at radius 2 is 1.88 bits per heavy atom. The molecule has 2 aromatic rings. The summed E-state index contributed by atoms with van der Waals surface area (Å²) in [4.78, 5) is 12.5. The second-order valence-electron chi connectivity index (χ2n) is 6.04. The van der Waals surface area contributed by atoms with Crippen LogP contribution in [-0.4, -0.2) is 21.1 Å². The number of hydrogen-bond donors (Lipinski definition) is 3. The van der Waals surface area contributed by atoms with E-state index >= 15 is 0 Å². The molecule has 1 atom stereocenters. The van der Waals surface area contributed by atoms with Gasteiger partial charge < -0.3 is 20.1 Å². The Morgan fingerprint density at radius 3 is 2.52 bits per heavy atom. The van der Waals surface area contributed by atoms with Crippen LogP contribution in [0.15, 0.2) is 48.6 Å². The largest absolute Gasteiger partial charge is 0.508 e. The number of carbonyl (C=O) groups is 1. The molecule has 0 amide bonds. The molecule has 25 heavy (non-hydrogen) atoms. The van der Waals surface area contributed by atoms with Crippen LogP contribution >= 0.6 is 0 Å². The Kier molecular flexibility index (Phi) is 4.23. The number of benzene rings is 2. The molecule has 0 spiro atoms. The summed E-state index contributed by atoms with van der Waals surface area (Å²) in [5.74, 6) is -0.514. The van der Waals surface area contributed by atoms with Crippen LogP contribution in [0.1, 0.15) is 40.9 Å². The van der Waals surface area contributed by atoms with Crippen LogP contribution in [0.4, 0.5) is 0 Å². The number of allylic oxidation sites excluding steroid dienone is 2. The van der Waals surface area contributed by atoms with Crippen molar-refractivity contribution in [1.82, 2.24) is 0 Å². The number of ketones is 1. The van der Waals surface area contributed by atoms with Gasteiger partial charge in [-0.2, -0.15) is 0 Å². The lowest BCUT2D eigenvalue weighted by Crippen LogP contribution is -2.21. The van der Waals surface area contributed by atoms with E-state index in [1.54, 1.807) is 31.2 Å². The highest BCUT2D eigenvalue weighted by atomic mass is 16.5. The van der Waals surface area contributed by atoms with E-state index in [9.17, 15) is 20.1 Å². The van der Waals surface area contributed by atoms with Crippen molar-refractivity contribution in [2.75, 3.05) is 0 Å². The van der Waals surface area contributed by atoms with Crippen LogP contribution in [0, 0.1) is 0 Å². The molecule has 3 N–H and O–H groups in total. The summed E-state index contributed by atoms with van der Waals surface area (Å²) in [6, 6.07) is 7.51. The van der Waals surface area contributed by atoms with E-state index in [1.165, 1.54) is 12.1 Å². The number of phenols is 3. The summed E-state index contributed by atoms with van der Waals surface area (Å²) in [6.07, 6.45) is 2.77. The predicted molar refractivity (Wildman–Crippen MR) is 94.0 cm³/mol. The van der Waals surface area contributed by atoms with Crippen LogP contribution in [0.3, 0.4) is 0 Å². The van der Waals surface area contributed by atoms with Crippen molar-refractivity contribution in [1.29, 1.82) is 0 Å². The van der Waals surface area contributed by atoms with Crippen LogP contribution in [0.25, 0.3) is 6.08 Å². The normalized spacial score (nSPS) is 16.5. The summed E-state index contributed by atoms with van der Waals surface area (Å²) in [5, 5.41) is 29.7. The van der Waals surface area contributed by atoms with E-state index in [0.717, 1.165) is 17.2 Å². The molecule has 0 radical (unpaired) electrons. The first-order chi connectivity index (χ1) is 11.9. The van der Waals surface area contributed by atoms with Gasteiger partial charge in [0.2, 0.25) is 0 Å². The highest BCUT2D eigenvalue weighted by molar-refractivity contribution is 6.04. The number of fused-ring (bicyclic) bond motifs is 1. The molecule has 1 aliphatic rings. The Morgan fingerprint density at radius 1 is 1.20 bits per heavy atom. The minimum absolute atomic E-state index is 0.0553. The maximum atomic E-state index is 12.5. The molecule has 1 unspecified atom stereocenters. The SMILES string of the molecule is C=C(C)C=Cc1c(O)cc(O)c2c1OC(c1ccc(O)cc1)CC2=O. The Hall–Kier alpha value is -3.21. The fourth-order valence-corrected chi connectivity index (χ4v) is 2.75. The highest BCUT2D eigenvalue weighted by Crippen LogP contribution is 2.45. The number of carbonyl (C=O) groups excluding carboxylic acids is 1. The number of aromatic hydroxyl groups is 3. The summed E-state index contributed by atoms with van der Waals surface area (Å²) in [7, 11) is 0. The topological polar surface area (TPSA) is 87.0 Å². The van der Waals surface area contributed by atoms with Crippen LogP contribution in [0.2, 0.25) is 0 Å². The Bertz CT molecular complexity index is 878. The fraction of sp³-hybridized carbons (Fsp3) is 0.150. The lowest BCUT2D eigenvalue weighted by molar-refractivity contribution is 0.0844. The van der Waals surface area contributed by atoms with Crippen LogP contribution in [0.5, 0.6) is 23.0 Å². The third-order valence-electron chi connectivity index (χ3n) is 3.99. The molecule has 1 heterocycles. The summed E-state index contributed by atoms with van der Waals surface area (Å²) >= 11 is 0. The molecular formula is C20H18O5. The van der Waals surface area contributed by atoms with Gasteiger partial charge in [0.1, 0.15) is 34.7 Å². The predicted octanol–water partition coefficient (Wildman–Crippen LogP) is 4.10. The van der Waals surface area contributed by atoms with Crippen molar-refractivity contribution in [3.05, 3.63) is 65.3 Å². The molecule has 5 heteroatoms. The summed E-state index contributed by atoms with van der Waals surface area (Å²) in [5.41, 5.74) is 1.86. The third-order valence-corrected chi connectivity index (χ3v) is 3.99. The quantitative estimate of drug-likeness (QED) is 0.734. The van der Waals surface area contributed by atoms with Gasteiger partial charge in [-0.25, -0.2) is 0 Å². The molecule has 0 bridgehead atoms. The van der Waals surface area contributed by atoms with Gasteiger partial charge in [0.05, 0.1) is 12.0 Å². The number of rotatable bonds is 3. The molecule has 0 fully saturated rings. The molecule has 0 saturated heterocycles. The molecule has 2 aromatic carbocycles. The number of phenolic OH excluding ortho intramolecular Hbond substituents is 3. The fourth-order valence-electron chi connectivity index (χ4n) is 2.75. The molecule has 3 rings (SSSR count). The molecule has 1 aliphatic heterocycles. The van der Waals surface area contributed by atoms with Gasteiger partial charge in [-0.15, -0.1) is 0 Å². The standard InChI is InChI=1S/C20H18O5/c1-11(2)3-8-14-15(22)9-16(23)19-17(24)10-18(25-20(14)19)12-4-6-13(21)7-5-12/h3-9,18,21-23H,1,10H2,2H3. The first-order valence-electron chi connectivity index (χ1n) is 7.78. The van der Waals surface area contributed by atoms with Crippen molar-refractivity contribution >= 4 is 11.9 Å². The minimum atomic E-state index is -0.571. The van der Waals surface area contributed by atoms with Gasteiger partial charge in [0.25, 0.3) is 0 Å². The lowest BCUT2D eigenvalue weighted by Gasteiger charge is -2.27. The van der Waals surface area contributed by atoms with Gasteiger partial charge in [-0.1, -0.05) is 30.4 Å². The zero-order valence-corrected chi connectivity index (χ0v) is 13.7. The second-order valence-corrected chi connectivity index (χ2v) is 6.04. The number of hydrogen-bond acceptors (Lipinski definition) is 5. The molecule has 5 nitrogen and oxygen atoms in total. The van der Waals surface area contributed by atoms with E-state index in [1.807, 2.05) is 0 Å². The van der Waals surface area contributed by atoms with Crippen molar-refractivity contribution in [2.45, 2.75) is 19.4 Å². The first-order valence-corrected chi connectivity index (χ1v) is 7.78. The average molecular weight is 338 g/mol. The van der Waals surface area contributed by atoms with Crippen LogP contribution < -0.4 is 4.74 Å². The van der Waals surface area contributed by atoms with Gasteiger partial charge in [0.15, 0.2) is 5.78 Å². The van der Waals surface area contributed by atoms with E-state index in [2.05, 4.69) is 6.58 Å². The van der Waals surface area contributed by atoms with Crippen molar-refractivity contribution in [3.8, 4) is 23.0 Å². The zero-order chi connectivity index (χ0) is 18.1. The minimum Gasteiger partial charge on any atom is -0.508 e.